The highest BCUT2D eigenvalue weighted by Gasteiger charge is 2.24. The van der Waals surface area contributed by atoms with Crippen LogP contribution in [0.25, 0.3) is 0 Å². The number of amides is 1. The smallest absolute Gasteiger partial charge is 0.222 e. The van der Waals surface area contributed by atoms with Gasteiger partial charge in [0.05, 0.1) is 0 Å². The molecule has 82 valence electrons. The number of rotatable bonds is 4. The van der Waals surface area contributed by atoms with Crippen LogP contribution in [-0.2, 0) is 4.79 Å². The van der Waals surface area contributed by atoms with Crippen LogP contribution in [-0.4, -0.2) is 29.4 Å². The van der Waals surface area contributed by atoms with E-state index in [1.54, 1.807) is 0 Å². The van der Waals surface area contributed by atoms with Crippen molar-refractivity contribution in [3.05, 3.63) is 0 Å². The molecule has 0 aliphatic carbocycles. The number of carbonyl (C=O) groups is 1. The lowest BCUT2D eigenvalue weighted by Crippen LogP contribution is -2.33. The molecule has 0 aromatic rings. The second kappa shape index (κ2) is 5.35. The van der Waals surface area contributed by atoms with Crippen molar-refractivity contribution >= 4 is 5.91 Å². The molecule has 0 saturated carbocycles. The van der Waals surface area contributed by atoms with Crippen LogP contribution in [0.15, 0.2) is 0 Å². The van der Waals surface area contributed by atoms with E-state index in [1.807, 2.05) is 11.8 Å². The van der Waals surface area contributed by atoms with Crippen molar-refractivity contribution in [2.45, 2.75) is 58.0 Å². The molecule has 2 N–H and O–H groups in total. The third-order valence-electron chi connectivity index (χ3n) is 2.92. The van der Waals surface area contributed by atoms with Crippen molar-refractivity contribution < 1.29 is 4.79 Å². The van der Waals surface area contributed by atoms with Gasteiger partial charge < -0.3 is 10.6 Å². The first-order valence-electron chi connectivity index (χ1n) is 5.66. The van der Waals surface area contributed by atoms with Crippen molar-refractivity contribution in [2.24, 2.45) is 5.73 Å². The van der Waals surface area contributed by atoms with Crippen LogP contribution < -0.4 is 5.73 Å². The molecule has 3 nitrogen and oxygen atoms in total. The minimum absolute atomic E-state index is 0.221. The summed E-state index contributed by atoms with van der Waals surface area (Å²) in [4.78, 5) is 13.7. The van der Waals surface area contributed by atoms with Crippen molar-refractivity contribution in [1.29, 1.82) is 0 Å². The fraction of sp³-hybridized carbons (Fsp3) is 0.909. The quantitative estimate of drug-likeness (QED) is 0.744. The maximum Gasteiger partial charge on any atom is 0.222 e. The maximum absolute atomic E-state index is 11.7. The first-order chi connectivity index (χ1) is 6.61. The van der Waals surface area contributed by atoms with Gasteiger partial charge in [0.1, 0.15) is 0 Å². The van der Waals surface area contributed by atoms with E-state index in [1.165, 1.54) is 12.8 Å². The van der Waals surface area contributed by atoms with Crippen molar-refractivity contribution in [1.82, 2.24) is 4.90 Å². The largest absolute Gasteiger partial charge is 0.340 e. The zero-order valence-corrected chi connectivity index (χ0v) is 9.33. The summed E-state index contributed by atoms with van der Waals surface area (Å²) in [7, 11) is 0. The summed E-state index contributed by atoms with van der Waals surface area (Å²) in [5, 5.41) is 0. The minimum atomic E-state index is 0.221. The van der Waals surface area contributed by atoms with Crippen LogP contribution in [0.4, 0.5) is 0 Å². The van der Waals surface area contributed by atoms with Crippen molar-refractivity contribution in [3.63, 3.8) is 0 Å². The lowest BCUT2D eigenvalue weighted by Gasteiger charge is -2.21. The molecule has 1 saturated heterocycles. The Morgan fingerprint density at radius 1 is 1.64 bits per heavy atom. The highest BCUT2D eigenvalue weighted by molar-refractivity contribution is 5.76. The number of likely N-dealkylation sites (tertiary alicyclic amines) is 1. The fourth-order valence-corrected chi connectivity index (χ4v) is 2.02. The predicted molar refractivity (Wildman–Crippen MR) is 57.9 cm³/mol. The van der Waals surface area contributed by atoms with Gasteiger partial charge in [-0.3, -0.25) is 4.79 Å². The summed E-state index contributed by atoms with van der Waals surface area (Å²) in [5.74, 6) is 0.315. The number of nitrogens with two attached hydrogens (primary N) is 1. The number of hydrogen-bond acceptors (Lipinski definition) is 2. The fourth-order valence-electron chi connectivity index (χ4n) is 2.02. The van der Waals surface area contributed by atoms with E-state index in [9.17, 15) is 4.79 Å². The Balaban J connectivity index is 2.21. The van der Waals surface area contributed by atoms with Crippen LogP contribution in [0.3, 0.4) is 0 Å². The highest BCUT2D eigenvalue weighted by Crippen LogP contribution is 2.18. The van der Waals surface area contributed by atoms with Gasteiger partial charge in [-0.15, -0.1) is 0 Å². The lowest BCUT2D eigenvalue weighted by atomic mass is 10.1. The van der Waals surface area contributed by atoms with E-state index in [4.69, 9.17) is 5.73 Å². The number of hydrogen-bond donors (Lipinski definition) is 1. The van der Waals surface area contributed by atoms with E-state index in [2.05, 4.69) is 6.92 Å². The highest BCUT2D eigenvalue weighted by atomic mass is 16.2. The Kier molecular flexibility index (Phi) is 4.39. The topological polar surface area (TPSA) is 46.3 Å². The summed E-state index contributed by atoms with van der Waals surface area (Å²) >= 11 is 0. The molecule has 3 heteroatoms. The number of carbonyl (C=O) groups excluding carboxylic acids is 1. The molecule has 0 bridgehead atoms. The first-order valence-corrected chi connectivity index (χ1v) is 5.66. The molecule has 2 atom stereocenters. The van der Waals surface area contributed by atoms with Crippen LogP contribution in [0, 0.1) is 0 Å². The summed E-state index contributed by atoms with van der Waals surface area (Å²) in [6.45, 7) is 5.08. The Morgan fingerprint density at radius 3 is 2.86 bits per heavy atom. The first kappa shape index (κ1) is 11.5. The molecule has 0 spiro atoms. The molecule has 0 aromatic carbocycles. The second-order valence-corrected chi connectivity index (χ2v) is 4.45. The third-order valence-corrected chi connectivity index (χ3v) is 2.92. The van der Waals surface area contributed by atoms with Gasteiger partial charge in [-0.1, -0.05) is 0 Å². The summed E-state index contributed by atoms with van der Waals surface area (Å²) in [6.07, 6.45) is 4.89. The molecule has 1 fully saturated rings. The average molecular weight is 198 g/mol. The SMILES string of the molecule is CC(N)CCCC(=O)N1CCCC1C. The molecule has 14 heavy (non-hydrogen) atoms. The van der Waals surface area contributed by atoms with Gasteiger partial charge in [0.2, 0.25) is 5.91 Å². The molecular weight excluding hydrogens is 176 g/mol. The second-order valence-electron chi connectivity index (χ2n) is 4.45. The molecule has 1 aliphatic rings. The standard InChI is InChI=1S/C11H22N2O/c1-9(12)5-3-7-11(14)13-8-4-6-10(13)2/h9-10H,3-8,12H2,1-2H3. The number of nitrogens with zero attached hydrogens (tertiary/aromatic N) is 1. The van der Waals surface area contributed by atoms with E-state index < -0.39 is 0 Å². The molecule has 1 rings (SSSR count). The zero-order valence-electron chi connectivity index (χ0n) is 9.33. The Bertz CT molecular complexity index is 192. The van der Waals surface area contributed by atoms with Gasteiger partial charge in [0.25, 0.3) is 0 Å². The van der Waals surface area contributed by atoms with Gasteiger partial charge in [-0.05, 0) is 39.5 Å². The Hall–Kier alpha value is -0.570. The molecule has 2 unspecified atom stereocenters. The van der Waals surface area contributed by atoms with Crippen LogP contribution in [0.5, 0.6) is 0 Å². The normalized spacial score (nSPS) is 23.9. The van der Waals surface area contributed by atoms with Crippen LogP contribution >= 0.6 is 0 Å². The molecular formula is C11H22N2O. The summed E-state index contributed by atoms with van der Waals surface area (Å²) in [6, 6.07) is 0.677. The third kappa shape index (κ3) is 3.29. The maximum atomic E-state index is 11.7. The summed E-state index contributed by atoms with van der Waals surface area (Å²) in [5.41, 5.74) is 5.63. The molecule has 0 aromatic heterocycles. The van der Waals surface area contributed by atoms with Gasteiger partial charge >= 0.3 is 0 Å². The molecule has 1 heterocycles. The van der Waals surface area contributed by atoms with Crippen molar-refractivity contribution in [2.75, 3.05) is 6.54 Å². The van der Waals surface area contributed by atoms with Gasteiger partial charge in [-0.2, -0.15) is 0 Å². The van der Waals surface area contributed by atoms with Gasteiger partial charge in [0.15, 0.2) is 0 Å². The zero-order chi connectivity index (χ0) is 10.6. The molecule has 0 radical (unpaired) electrons. The molecule has 1 aliphatic heterocycles. The van der Waals surface area contributed by atoms with Gasteiger partial charge in [-0.25, -0.2) is 0 Å². The lowest BCUT2D eigenvalue weighted by molar-refractivity contribution is -0.131. The van der Waals surface area contributed by atoms with Gasteiger partial charge in [0, 0.05) is 25.0 Å². The van der Waals surface area contributed by atoms with E-state index in [0.717, 1.165) is 19.4 Å². The average Bonchev–Trinajstić information content (AvgIpc) is 2.50. The Labute approximate surface area is 86.6 Å². The monoisotopic (exact) mass is 198 g/mol. The van der Waals surface area contributed by atoms with E-state index in [0.29, 0.717) is 18.4 Å². The predicted octanol–water partition coefficient (Wildman–Crippen LogP) is 1.51. The van der Waals surface area contributed by atoms with E-state index in [-0.39, 0.29) is 6.04 Å². The van der Waals surface area contributed by atoms with Crippen LogP contribution in [0.2, 0.25) is 0 Å². The molecule has 1 amide bonds. The minimum Gasteiger partial charge on any atom is -0.340 e. The van der Waals surface area contributed by atoms with E-state index >= 15 is 0 Å². The van der Waals surface area contributed by atoms with Crippen molar-refractivity contribution in [3.8, 4) is 0 Å². The Morgan fingerprint density at radius 2 is 2.36 bits per heavy atom. The summed E-state index contributed by atoms with van der Waals surface area (Å²) < 4.78 is 0. The van der Waals surface area contributed by atoms with Crippen LogP contribution in [0.1, 0.15) is 46.0 Å².